The molecular weight excluding hydrogens is 344 g/mol. The van der Waals surface area contributed by atoms with E-state index in [1.54, 1.807) is 37.4 Å². The number of benzene rings is 1. The van der Waals surface area contributed by atoms with Crippen molar-refractivity contribution in [1.29, 1.82) is 0 Å². The molecule has 0 aliphatic rings. The van der Waals surface area contributed by atoms with Gasteiger partial charge in [0.1, 0.15) is 5.75 Å². The van der Waals surface area contributed by atoms with Gasteiger partial charge in [-0.3, -0.25) is 14.6 Å². The lowest BCUT2D eigenvalue weighted by Crippen LogP contribution is -2.35. The summed E-state index contributed by atoms with van der Waals surface area (Å²) in [7, 11) is 2.94. The van der Waals surface area contributed by atoms with Gasteiger partial charge in [-0.05, 0) is 35.4 Å². The van der Waals surface area contributed by atoms with Crippen LogP contribution in [0, 0.1) is 5.92 Å². The highest BCUT2D eigenvalue weighted by atomic mass is 16.5. The van der Waals surface area contributed by atoms with Gasteiger partial charge in [0.25, 0.3) is 0 Å². The summed E-state index contributed by atoms with van der Waals surface area (Å²) in [5.41, 5.74) is 1.74. The predicted molar refractivity (Wildman–Crippen MR) is 103 cm³/mol. The van der Waals surface area contributed by atoms with Crippen molar-refractivity contribution in [2.45, 2.75) is 13.5 Å². The number of nitrogens with zero attached hydrogens (tertiary/aromatic N) is 2. The number of esters is 1. The van der Waals surface area contributed by atoms with Crippen molar-refractivity contribution in [2.24, 2.45) is 5.92 Å². The number of carbonyl (C=O) groups excluding carboxylic acids is 2. The molecule has 0 N–H and O–H groups in total. The molecule has 0 saturated carbocycles. The first-order valence-electron chi connectivity index (χ1n) is 8.61. The topological polar surface area (TPSA) is 68.7 Å². The maximum Gasteiger partial charge on any atom is 0.310 e. The molecule has 2 rings (SSSR count). The molecule has 1 unspecified atom stereocenters. The van der Waals surface area contributed by atoms with Gasteiger partial charge in [-0.15, -0.1) is 0 Å². The molecule has 1 heterocycles. The molecule has 0 aliphatic heterocycles. The van der Waals surface area contributed by atoms with Crippen LogP contribution in [-0.4, -0.2) is 42.5 Å². The van der Waals surface area contributed by atoms with Gasteiger partial charge < -0.3 is 14.4 Å². The van der Waals surface area contributed by atoms with Crippen LogP contribution in [0.3, 0.4) is 0 Å². The fourth-order valence-corrected chi connectivity index (χ4v) is 2.57. The molecule has 142 valence electrons. The van der Waals surface area contributed by atoms with Crippen LogP contribution in [0.25, 0.3) is 6.08 Å². The lowest BCUT2D eigenvalue weighted by atomic mass is 10.1. The number of methoxy groups -OCH3 is 2. The minimum Gasteiger partial charge on any atom is -0.497 e. The zero-order valence-corrected chi connectivity index (χ0v) is 15.8. The van der Waals surface area contributed by atoms with Gasteiger partial charge in [0.05, 0.1) is 20.1 Å². The molecule has 27 heavy (non-hydrogen) atoms. The second-order valence-corrected chi connectivity index (χ2v) is 6.11. The maximum absolute atomic E-state index is 12.8. The Morgan fingerprint density at radius 1 is 1.22 bits per heavy atom. The number of hydrogen-bond donors (Lipinski definition) is 0. The van der Waals surface area contributed by atoms with Gasteiger partial charge in [-0.2, -0.15) is 0 Å². The van der Waals surface area contributed by atoms with Crippen LogP contribution in [0.5, 0.6) is 5.75 Å². The Morgan fingerprint density at radius 2 is 2.04 bits per heavy atom. The summed E-state index contributed by atoms with van der Waals surface area (Å²) in [4.78, 5) is 30.2. The quantitative estimate of drug-likeness (QED) is 0.529. The van der Waals surface area contributed by atoms with Gasteiger partial charge in [0, 0.05) is 31.6 Å². The molecular formula is C21H24N2O4. The van der Waals surface area contributed by atoms with E-state index in [4.69, 9.17) is 9.47 Å². The third-order valence-electron chi connectivity index (χ3n) is 4.02. The Kier molecular flexibility index (Phi) is 7.55. The Bertz CT molecular complexity index is 790. The van der Waals surface area contributed by atoms with E-state index in [1.165, 1.54) is 13.2 Å². The van der Waals surface area contributed by atoms with Crippen molar-refractivity contribution in [3.05, 3.63) is 66.0 Å². The molecule has 0 spiro atoms. The molecule has 2 aromatic rings. The summed E-state index contributed by atoms with van der Waals surface area (Å²) in [6.07, 6.45) is 6.60. The maximum atomic E-state index is 12.8. The van der Waals surface area contributed by atoms with Crippen LogP contribution >= 0.6 is 0 Å². The highest BCUT2D eigenvalue weighted by Crippen LogP contribution is 2.14. The lowest BCUT2D eigenvalue weighted by Gasteiger charge is -2.24. The van der Waals surface area contributed by atoms with Crippen LogP contribution in [0.2, 0.25) is 0 Å². The van der Waals surface area contributed by atoms with Gasteiger partial charge >= 0.3 is 5.97 Å². The van der Waals surface area contributed by atoms with E-state index < -0.39 is 5.92 Å². The largest absolute Gasteiger partial charge is 0.497 e. The van der Waals surface area contributed by atoms with Crippen LogP contribution < -0.4 is 4.74 Å². The second-order valence-electron chi connectivity index (χ2n) is 6.11. The van der Waals surface area contributed by atoms with Crippen molar-refractivity contribution >= 4 is 18.0 Å². The summed E-state index contributed by atoms with van der Waals surface area (Å²) in [5.74, 6) is -0.259. The summed E-state index contributed by atoms with van der Waals surface area (Å²) >= 11 is 0. The van der Waals surface area contributed by atoms with Gasteiger partial charge in [0.15, 0.2) is 0 Å². The van der Waals surface area contributed by atoms with E-state index in [9.17, 15) is 9.59 Å². The predicted octanol–water partition coefficient (Wildman–Crippen LogP) is 2.94. The normalized spacial score (nSPS) is 11.8. The van der Waals surface area contributed by atoms with Crippen LogP contribution in [0.4, 0.5) is 0 Å². The zero-order valence-electron chi connectivity index (χ0n) is 15.8. The van der Waals surface area contributed by atoms with E-state index in [0.717, 1.165) is 16.9 Å². The highest BCUT2D eigenvalue weighted by molar-refractivity contribution is 5.92. The number of rotatable bonds is 8. The van der Waals surface area contributed by atoms with Crippen LogP contribution in [0.1, 0.15) is 18.1 Å². The second kappa shape index (κ2) is 10.1. The van der Waals surface area contributed by atoms with Crippen molar-refractivity contribution in [3.63, 3.8) is 0 Å². The molecule has 1 aromatic heterocycles. The summed E-state index contributed by atoms with van der Waals surface area (Å²) < 4.78 is 9.97. The SMILES string of the molecule is COC(=O)C(C)CN(Cc1cccnc1)C(=O)/C=C/c1cccc(OC)c1. The Labute approximate surface area is 159 Å². The first-order chi connectivity index (χ1) is 13.0. The Hall–Kier alpha value is -3.15. The summed E-state index contributed by atoms with van der Waals surface area (Å²) in [6, 6.07) is 11.1. The third-order valence-corrected chi connectivity index (χ3v) is 4.02. The molecule has 6 nitrogen and oxygen atoms in total. The van der Waals surface area contributed by atoms with Gasteiger partial charge in [-0.1, -0.05) is 25.1 Å². The molecule has 0 radical (unpaired) electrons. The zero-order chi connectivity index (χ0) is 19.6. The first kappa shape index (κ1) is 20.2. The van der Waals surface area contributed by atoms with Crippen molar-refractivity contribution in [2.75, 3.05) is 20.8 Å². The number of aromatic nitrogens is 1. The average Bonchev–Trinajstić information content (AvgIpc) is 2.71. The Balaban J connectivity index is 2.15. The van der Waals surface area contributed by atoms with Gasteiger partial charge in [0.2, 0.25) is 5.91 Å². The van der Waals surface area contributed by atoms with E-state index >= 15 is 0 Å². The smallest absolute Gasteiger partial charge is 0.310 e. The average molecular weight is 368 g/mol. The molecule has 1 amide bonds. The molecule has 0 fully saturated rings. The molecule has 0 bridgehead atoms. The number of amides is 1. The fourth-order valence-electron chi connectivity index (χ4n) is 2.57. The van der Waals surface area contributed by atoms with Crippen LogP contribution in [0.15, 0.2) is 54.9 Å². The van der Waals surface area contributed by atoms with Crippen LogP contribution in [-0.2, 0) is 20.9 Å². The molecule has 0 saturated heterocycles. The van der Waals surface area contributed by atoms with Crippen molar-refractivity contribution < 1.29 is 19.1 Å². The summed E-state index contributed by atoms with van der Waals surface area (Å²) in [5, 5.41) is 0. The molecule has 1 atom stereocenters. The minimum absolute atomic E-state index is 0.197. The van der Waals surface area contributed by atoms with E-state index in [0.29, 0.717) is 6.54 Å². The van der Waals surface area contributed by atoms with Gasteiger partial charge in [-0.25, -0.2) is 0 Å². The minimum atomic E-state index is -0.430. The van der Waals surface area contributed by atoms with Crippen molar-refractivity contribution in [3.8, 4) is 5.75 Å². The monoisotopic (exact) mass is 368 g/mol. The van der Waals surface area contributed by atoms with Crippen molar-refractivity contribution in [1.82, 2.24) is 9.88 Å². The van der Waals surface area contributed by atoms with E-state index in [-0.39, 0.29) is 18.4 Å². The number of hydrogen-bond acceptors (Lipinski definition) is 5. The number of carbonyl (C=O) groups is 2. The van der Waals surface area contributed by atoms with E-state index in [2.05, 4.69) is 4.98 Å². The highest BCUT2D eigenvalue weighted by Gasteiger charge is 2.20. The standard InChI is InChI=1S/C21H24N2O4/c1-16(21(25)27-3)14-23(15-18-7-5-11-22-13-18)20(24)10-9-17-6-4-8-19(12-17)26-2/h4-13,16H,14-15H2,1-3H3/b10-9+. The lowest BCUT2D eigenvalue weighted by molar-refractivity contribution is -0.146. The number of ether oxygens (including phenoxy) is 2. The first-order valence-corrected chi connectivity index (χ1v) is 8.61. The Morgan fingerprint density at radius 3 is 2.70 bits per heavy atom. The summed E-state index contributed by atoms with van der Waals surface area (Å²) in [6.45, 7) is 2.35. The number of pyridine rings is 1. The molecule has 0 aliphatic carbocycles. The van der Waals surface area contributed by atoms with E-state index in [1.807, 2.05) is 36.4 Å². The fraction of sp³-hybridized carbons (Fsp3) is 0.286. The molecule has 1 aromatic carbocycles. The third kappa shape index (κ3) is 6.26. The molecule has 6 heteroatoms.